The van der Waals surface area contributed by atoms with Crippen LogP contribution in [0.5, 0.6) is 0 Å². The Hall–Kier alpha value is -0.0800. The van der Waals surface area contributed by atoms with Gasteiger partial charge in [0.2, 0.25) is 0 Å². The first-order chi connectivity index (χ1) is 5.41. The van der Waals surface area contributed by atoms with Crippen LogP contribution >= 0.6 is 0 Å². The molecule has 0 radical (unpaired) electrons. The van der Waals surface area contributed by atoms with Crippen LogP contribution in [0.3, 0.4) is 0 Å². The molecule has 12 heavy (non-hydrogen) atoms. The fourth-order valence-electron chi connectivity index (χ4n) is 3.41. The second-order valence-corrected chi connectivity index (χ2v) is 5.31. The molecule has 0 aromatic rings. The molecule has 0 amide bonds. The number of hydrogen-bond acceptors (Lipinski definition) is 2. The number of rotatable bonds is 0. The van der Waals surface area contributed by atoms with E-state index in [1.165, 1.54) is 6.42 Å². The predicted octanol–water partition coefficient (Wildman–Crippen LogP) is 1.13. The van der Waals surface area contributed by atoms with Crippen LogP contribution in [0.1, 0.15) is 33.6 Å². The van der Waals surface area contributed by atoms with Crippen molar-refractivity contribution in [3.05, 3.63) is 0 Å². The average Bonchev–Trinajstić information content (AvgIpc) is 2.26. The first kappa shape index (κ1) is 8.52. The van der Waals surface area contributed by atoms with E-state index in [1.807, 2.05) is 0 Å². The van der Waals surface area contributed by atoms with Gasteiger partial charge in [0.25, 0.3) is 0 Å². The molecular weight excluding hydrogens is 150 g/mol. The molecule has 4 atom stereocenters. The summed E-state index contributed by atoms with van der Waals surface area (Å²) >= 11 is 0. The average molecular weight is 169 g/mol. The molecular formula is C10H19NO. The van der Waals surface area contributed by atoms with Crippen molar-refractivity contribution in [2.24, 2.45) is 22.5 Å². The van der Waals surface area contributed by atoms with Gasteiger partial charge in [0.15, 0.2) is 0 Å². The van der Waals surface area contributed by atoms with Gasteiger partial charge in [-0.05, 0) is 24.2 Å². The molecule has 2 bridgehead atoms. The van der Waals surface area contributed by atoms with Crippen LogP contribution in [-0.4, -0.2) is 17.3 Å². The molecule has 2 saturated carbocycles. The highest BCUT2D eigenvalue weighted by Gasteiger charge is 2.64. The van der Waals surface area contributed by atoms with Gasteiger partial charge in [0.1, 0.15) is 0 Å². The Labute approximate surface area is 74.1 Å². The van der Waals surface area contributed by atoms with Crippen LogP contribution in [0, 0.1) is 16.7 Å². The molecule has 3 N–H and O–H groups in total. The standard InChI is InChI=1S/C10H19NO/c1-9(2)6-4-5-10(9,3)8(12)7(6)11/h6-8,12H,4-5,11H2,1-3H3/t6-,7+,8+,10+/m1/s1. The van der Waals surface area contributed by atoms with Gasteiger partial charge < -0.3 is 10.8 Å². The monoisotopic (exact) mass is 169 g/mol. The van der Waals surface area contributed by atoms with Crippen molar-refractivity contribution in [1.29, 1.82) is 0 Å². The maximum Gasteiger partial charge on any atom is 0.0752 e. The summed E-state index contributed by atoms with van der Waals surface area (Å²) in [6.07, 6.45) is 2.05. The summed E-state index contributed by atoms with van der Waals surface area (Å²) in [4.78, 5) is 0. The van der Waals surface area contributed by atoms with Crippen molar-refractivity contribution < 1.29 is 5.11 Å². The number of nitrogens with two attached hydrogens (primary N) is 1. The zero-order valence-electron chi connectivity index (χ0n) is 8.17. The Bertz CT molecular complexity index is 214. The number of fused-ring (bicyclic) bond motifs is 2. The van der Waals surface area contributed by atoms with E-state index in [2.05, 4.69) is 20.8 Å². The topological polar surface area (TPSA) is 46.2 Å². The van der Waals surface area contributed by atoms with E-state index in [0.717, 1.165) is 6.42 Å². The molecule has 2 fully saturated rings. The summed E-state index contributed by atoms with van der Waals surface area (Å²) in [5.74, 6) is 0.525. The lowest BCUT2D eigenvalue weighted by Gasteiger charge is -2.36. The summed E-state index contributed by atoms with van der Waals surface area (Å²) in [5.41, 5.74) is 6.27. The van der Waals surface area contributed by atoms with Gasteiger partial charge in [-0.2, -0.15) is 0 Å². The molecule has 2 nitrogen and oxygen atoms in total. The molecule has 0 saturated heterocycles. The van der Waals surface area contributed by atoms with Gasteiger partial charge in [0, 0.05) is 11.5 Å². The van der Waals surface area contributed by atoms with Crippen molar-refractivity contribution >= 4 is 0 Å². The van der Waals surface area contributed by atoms with E-state index in [4.69, 9.17) is 5.73 Å². The summed E-state index contributed by atoms with van der Waals surface area (Å²) in [6, 6.07) is 0.0127. The maximum atomic E-state index is 9.96. The molecule has 2 heteroatoms. The lowest BCUT2D eigenvalue weighted by molar-refractivity contribution is 0.00582. The molecule has 70 valence electrons. The molecule has 2 aliphatic carbocycles. The van der Waals surface area contributed by atoms with Gasteiger partial charge in [-0.3, -0.25) is 0 Å². The molecule has 2 rings (SSSR count). The van der Waals surface area contributed by atoms with Gasteiger partial charge >= 0.3 is 0 Å². The summed E-state index contributed by atoms with van der Waals surface area (Å²) < 4.78 is 0. The first-order valence-electron chi connectivity index (χ1n) is 4.85. The second kappa shape index (κ2) is 2.05. The van der Waals surface area contributed by atoms with Crippen molar-refractivity contribution in [2.75, 3.05) is 0 Å². The fourth-order valence-corrected chi connectivity index (χ4v) is 3.41. The molecule has 0 heterocycles. The third-order valence-electron chi connectivity index (χ3n) is 4.86. The molecule has 0 unspecified atom stereocenters. The van der Waals surface area contributed by atoms with Crippen molar-refractivity contribution in [3.8, 4) is 0 Å². The summed E-state index contributed by atoms with van der Waals surface area (Å²) in [7, 11) is 0. The minimum Gasteiger partial charge on any atom is -0.391 e. The third kappa shape index (κ3) is 0.647. The lowest BCUT2D eigenvalue weighted by atomic mass is 9.70. The van der Waals surface area contributed by atoms with Gasteiger partial charge in [-0.15, -0.1) is 0 Å². The molecule has 0 aliphatic heterocycles. The Kier molecular flexibility index (Phi) is 1.45. The Morgan fingerprint density at radius 3 is 2.17 bits per heavy atom. The summed E-state index contributed by atoms with van der Waals surface area (Å²) in [6.45, 7) is 6.69. The van der Waals surface area contributed by atoms with E-state index in [9.17, 15) is 5.11 Å². The van der Waals surface area contributed by atoms with E-state index in [0.29, 0.717) is 5.92 Å². The first-order valence-corrected chi connectivity index (χ1v) is 4.85. The van der Waals surface area contributed by atoms with Crippen molar-refractivity contribution in [1.82, 2.24) is 0 Å². The summed E-state index contributed by atoms with van der Waals surface area (Å²) in [5, 5.41) is 9.96. The van der Waals surface area contributed by atoms with E-state index in [-0.39, 0.29) is 23.0 Å². The van der Waals surface area contributed by atoms with Crippen LogP contribution in [0.4, 0.5) is 0 Å². The molecule has 0 aromatic heterocycles. The highest BCUT2D eigenvalue weighted by atomic mass is 16.3. The fraction of sp³-hybridized carbons (Fsp3) is 1.00. The smallest absolute Gasteiger partial charge is 0.0752 e. The Balaban J connectivity index is 2.44. The van der Waals surface area contributed by atoms with Gasteiger partial charge in [-0.1, -0.05) is 20.8 Å². The van der Waals surface area contributed by atoms with Gasteiger partial charge in [-0.25, -0.2) is 0 Å². The predicted molar refractivity (Wildman–Crippen MR) is 48.6 cm³/mol. The quantitative estimate of drug-likeness (QED) is 0.571. The largest absolute Gasteiger partial charge is 0.391 e. The third-order valence-corrected chi connectivity index (χ3v) is 4.86. The number of hydrogen-bond donors (Lipinski definition) is 2. The van der Waals surface area contributed by atoms with E-state index in [1.54, 1.807) is 0 Å². The number of aliphatic hydroxyl groups excluding tert-OH is 1. The van der Waals surface area contributed by atoms with Crippen LogP contribution in [0.15, 0.2) is 0 Å². The zero-order chi connectivity index (χ0) is 9.15. The Morgan fingerprint density at radius 2 is 1.92 bits per heavy atom. The lowest BCUT2D eigenvalue weighted by Crippen LogP contribution is -2.43. The van der Waals surface area contributed by atoms with Crippen molar-refractivity contribution in [2.45, 2.75) is 45.8 Å². The molecule has 0 aromatic carbocycles. The Morgan fingerprint density at radius 1 is 1.33 bits per heavy atom. The maximum absolute atomic E-state index is 9.96. The van der Waals surface area contributed by atoms with E-state index < -0.39 is 0 Å². The van der Waals surface area contributed by atoms with Crippen LogP contribution < -0.4 is 5.73 Å². The van der Waals surface area contributed by atoms with Gasteiger partial charge in [0.05, 0.1) is 6.10 Å². The number of aliphatic hydroxyl groups is 1. The molecule has 0 spiro atoms. The highest BCUT2D eigenvalue weighted by Crippen LogP contribution is 2.64. The van der Waals surface area contributed by atoms with Crippen molar-refractivity contribution in [3.63, 3.8) is 0 Å². The normalized spacial score (nSPS) is 56.2. The molecule has 2 aliphatic rings. The minimum absolute atomic E-state index is 0.0127. The van der Waals surface area contributed by atoms with Crippen LogP contribution in [0.25, 0.3) is 0 Å². The van der Waals surface area contributed by atoms with Crippen LogP contribution in [-0.2, 0) is 0 Å². The van der Waals surface area contributed by atoms with Crippen LogP contribution in [0.2, 0.25) is 0 Å². The second-order valence-electron chi connectivity index (χ2n) is 5.31. The van der Waals surface area contributed by atoms with E-state index >= 15 is 0 Å². The highest BCUT2D eigenvalue weighted by molar-refractivity contribution is 5.16. The zero-order valence-corrected chi connectivity index (χ0v) is 8.17. The minimum atomic E-state index is -0.286. The SMILES string of the molecule is CC1(C)[C@@H]2CC[C@@]1(C)[C@@H](O)[C@H]2N.